The fourth-order valence-corrected chi connectivity index (χ4v) is 1.33. The van der Waals surface area contributed by atoms with Crippen molar-refractivity contribution in [3.8, 4) is 0 Å². The van der Waals surface area contributed by atoms with Crippen LogP contribution < -0.4 is 5.73 Å². The third kappa shape index (κ3) is 3.81. The topological polar surface area (TPSA) is 26.0 Å². The van der Waals surface area contributed by atoms with Gasteiger partial charge in [-0.15, -0.1) is 12.4 Å². The van der Waals surface area contributed by atoms with Crippen LogP contribution in [-0.2, 0) is 6.18 Å². The Balaban J connectivity index is 0.00000256. The van der Waals surface area contributed by atoms with E-state index in [1.165, 1.54) is 0 Å². The van der Waals surface area contributed by atoms with E-state index in [0.717, 1.165) is 12.1 Å². The van der Waals surface area contributed by atoms with Crippen LogP contribution >= 0.6 is 12.4 Å². The molecule has 0 radical (unpaired) electrons. The summed E-state index contributed by atoms with van der Waals surface area (Å²) in [6, 6.07) is 1.75. The van der Waals surface area contributed by atoms with Crippen LogP contribution in [0.2, 0.25) is 0 Å². The smallest absolute Gasteiger partial charge is 0.324 e. The molecule has 7 heteroatoms. The molecule has 0 aliphatic carbocycles. The SMILES string of the molecule is Cl.N[C@@H](CCF)c1cccc(C(F)(F)F)c1F. The molecule has 0 aromatic heterocycles. The molecule has 0 heterocycles. The van der Waals surface area contributed by atoms with Crippen molar-refractivity contribution >= 4 is 12.4 Å². The molecule has 0 aliphatic heterocycles. The van der Waals surface area contributed by atoms with Gasteiger partial charge in [-0.05, 0) is 12.5 Å². The van der Waals surface area contributed by atoms with Crippen LogP contribution in [0.3, 0.4) is 0 Å². The summed E-state index contributed by atoms with van der Waals surface area (Å²) >= 11 is 0. The van der Waals surface area contributed by atoms with Crippen molar-refractivity contribution in [3.05, 3.63) is 35.1 Å². The van der Waals surface area contributed by atoms with Crippen molar-refractivity contribution < 1.29 is 22.0 Å². The molecule has 0 amide bonds. The summed E-state index contributed by atoms with van der Waals surface area (Å²) in [6.45, 7) is -0.809. The van der Waals surface area contributed by atoms with E-state index < -0.39 is 30.3 Å². The van der Waals surface area contributed by atoms with E-state index in [4.69, 9.17) is 5.73 Å². The molecule has 98 valence electrons. The van der Waals surface area contributed by atoms with Gasteiger partial charge in [0.15, 0.2) is 0 Å². The van der Waals surface area contributed by atoms with Crippen molar-refractivity contribution in [2.24, 2.45) is 5.73 Å². The number of benzene rings is 1. The number of hydrogen-bond donors (Lipinski definition) is 1. The van der Waals surface area contributed by atoms with E-state index in [2.05, 4.69) is 0 Å². The maximum absolute atomic E-state index is 13.4. The lowest BCUT2D eigenvalue weighted by atomic mass is 10.0. The summed E-state index contributed by atoms with van der Waals surface area (Å²) in [6.07, 6.45) is -4.98. The lowest BCUT2D eigenvalue weighted by Gasteiger charge is -2.15. The van der Waals surface area contributed by atoms with Crippen molar-refractivity contribution in [1.29, 1.82) is 0 Å². The monoisotopic (exact) mass is 275 g/mol. The van der Waals surface area contributed by atoms with Crippen LogP contribution in [-0.4, -0.2) is 6.67 Å². The van der Waals surface area contributed by atoms with Crippen molar-refractivity contribution in [1.82, 2.24) is 0 Å². The van der Waals surface area contributed by atoms with Crippen LogP contribution in [0.25, 0.3) is 0 Å². The minimum atomic E-state index is -4.77. The standard InChI is InChI=1S/C10H10F5N.ClH/c11-5-4-8(16)6-2-1-3-7(9(6)12)10(13,14)15;/h1-3,8H,4-5,16H2;1H/t8-;/m0./s1. The lowest BCUT2D eigenvalue weighted by Crippen LogP contribution is -2.16. The molecule has 0 unspecified atom stereocenters. The molecule has 2 N–H and O–H groups in total. The molecule has 0 spiro atoms. The van der Waals surface area contributed by atoms with Gasteiger partial charge in [0.1, 0.15) is 5.82 Å². The normalized spacial score (nSPS) is 13.1. The predicted molar refractivity (Wildman–Crippen MR) is 56.2 cm³/mol. The van der Waals surface area contributed by atoms with Crippen LogP contribution in [0.4, 0.5) is 22.0 Å². The Bertz CT molecular complexity index is 366. The molecule has 1 atom stereocenters. The van der Waals surface area contributed by atoms with Gasteiger partial charge in [0.2, 0.25) is 0 Å². The molecule has 0 saturated heterocycles. The molecule has 0 bridgehead atoms. The highest BCUT2D eigenvalue weighted by molar-refractivity contribution is 5.85. The van der Waals surface area contributed by atoms with Crippen molar-refractivity contribution in [3.63, 3.8) is 0 Å². The number of nitrogens with two attached hydrogens (primary N) is 1. The Kier molecular flexibility index (Phi) is 5.84. The molecular weight excluding hydrogens is 265 g/mol. The summed E-state index contributed by atoms with van der Waals surface area (Å²) in [7, 11) is 0. The van der Waals surface area contributed by atoms with E-state index in [9.17, 15) is 22.0 Å². The highest BCUT2D eigenvalue weighted by atomic mass is 35.5. The minimum Gasteiger partial charge on any atom is -0.324 e. The largest absolute Gasteiger partial charge is 0.419 e. The van der Waals surface area contributed by atoms with Gasteiger partial charge in [0.25, 0.3) is 0 Å². The second kappa shape index (κ2) is 6.16. The van der Waals surface area contributed by atoms with Gasteiger partial charge in [-0.2, -0.15) is 13.2 Å². The van der Waals surface area contributed by atoms with E-state index in [0.29, 0.717) is 6.07 Å². The summed E-state index contributed by atoms with van der Waals surface area (Å²) in [5, 5.41) is 0. The fourth-order valence-electron chi connectivity index (χ4n) is 1.33. The zero-order valence-electron chi connectivity index (χ0n) is 8.60. The first-order valence-electron chi connectivity index (χ1n) is 4.55. The maximum atomic E-state index is 13.4. The zero-order valence-corrected chi connectivity index (χ0v) is 9.42. The fraction of sp³-hybridized carbons (Fsp3) is 0.400. The van der Waals surface area contributed by atoms with Gasteiger partial charge in [0.05, 0.1) is 12.2 Å². The lowest BCUT2D eigenvalue weighted by molar-refractivity contribution is -0.140. The highest BCUT2D eigenvalue weighted by Crippen LogP contribution is 2.33. The predicted octanol–water partition coefficient (Wildman–Crippen LogP) is 3.63. The summed E-state index contributed by atoms with van der Waals surface area (Å²) in [4.78, 5) is 0. The van der Waals surface area contributed by atoms with E-state index in [1.807, 2.05) is 0 Å². The van der Waals surface area contributed by atoms with Crippen molar-refractivity contribution in [2.75, 3.05) is 6.67 Å². The molecule has 1 nitrogen and oxygen atoms in total. The van der Waals surface area contributed by atoms with Gasteiger partial charge < -0.3 is 5.73 Å². The first kappa shape index (κ1) is 16.1. The molecule has 17 heavy (non-hydrogen) atoms. The Morgan fingerprint density at radius 1 is 1.24 bits per heavy atom. The molecule has 1 rings (SSSR count). The first-order valence-corrected chi connectivity index (χ1v) is 4.55. The molecule has 1 aromatic carbocycles. The minimum absolute atomic E-state index is 0. The van der Waals surface area contributed by atoms with Gasteiger partial charge >= 0.3 is 6.18 Å². The number of alkyl halides is 4. The Morgan fingerprint density at radius 3 is 2.29 bits per heavy atom. The molecule has 0 saturated carbocycles. The van der Waals surface area contributed by atoms with E-state index in [-0.39, 0.29) is 24.4 Å². The number of hydrogen-bond acceptors (Lipinski definition) is 1. The number of rotatable bonds is 3. The Labute approximate surface area is 101 Å². The third-order valence-electron chi connectivity index (χ3n) is 2.15. The van der Waals surface area contributed by atoms with Crippen LogP contribution in [0.1, 0.15) is 23.6 Å². The van der Waals surface area contributed by atoms with Crippen LogP contribution in [0.15, 0.2) is 18.2 Å². The van der Waals surface area contributed by atoms with Crippen LogP contribution in [0, 0.1) is 5.82 Å². The maximum Gasteiger partial charge on any atom is 0.419 e. The summed E-state index contributed by atoms with van der Waals surface area (Å²) < 4.78 is 62.4. The third-order valence-corrected chi connectivity index (χ3v) is 2.15. The average molecular weight is 276 g/mol. The van der Waals surface area contributed by atoms with Crippen LogP contribution in [0.5, 0.6) is 0 Å². The molecule has 0 aliphatic rings. The van der Waals surface area contributed by atoms with E-state index in [1.54, 1.807) is 0 Å². The second-order valence-electron chi connectivity index (χ2n) is 3.29. The molecule has 1 aromatic rings. The highest BCUT2D eigenvalue weighted by Gasteiger charge is 2.35. The summed E-state index contributed by atoms with van der Waals surface area (Å²) in [5.74, 6) is -1.42. The molecule has 0 fully saturated rings. The average Bonchev–Trinajstić information content (AvgIpc) is 2.16. The van der Waals surface area contributed by atoms with Gasteiger partial charge in [-0.1, -0.05) is 12.1 Å². The van der Waals surface area contributed by atoms with Gasteiger partial charge in [0, 0.05) is 11.6 Å². The molecular formula is C10H11ClF5N. The quantitative estimate of drug-likeness (QED) is 0.838. The Hall–Kier alpha value is -0.880. The second-order valence-corrected chi connectivity index (χ2v) is 3.29. The summed E-state index contributed by atoms with van der Waals surface area (Å²) in [5.41, 5.74) is 3.68. The number of halogens is 6. The first-order chi connectivity index (χ1) is 7.38. The van der Waals surface area contributed by atoms with Gasteiger partial charge in [-0.25, -0.2) is 4.39 Å². The van der Waals surface area contributed by atoms with E-state index >= 15 is 0 Å². The Morgan fingerprint density at radius 2 is 1.82 bits per heavy atom. The van der Waals surface area contributed by atoms with Crippen molar-refractivity contribution in [2.45, 2.75) is 18.6 Å². The zero-order chi connectivity index (χ0) is 12.3. The van der Waals surface area contributed by atoms with Gasteiger partial charge in [-0.3, -0.25) is 4.39 Å².